The van der Waals surface area contributed by atoms with Crippen LogP contribution in [0.5, 0.6) is 0 Å². The number of carbonyl (C=O) groups is 3. The number of carbonyl (C=O) groups excluding carboxylic acids is 2. The van der Waals surface area contributed by atoms with Crippen molar-refractivity contribution in [2.24, 2.45) is 5.92 Å². The van der Waals surface area contributed by atoms with Crippen molar-refractivity contribution in [3.63, 3.8) is 0 Å². The van der Waals surface area contributed by atoms with Gasteiger partial charge in [-0.2, -0.15) is 0 Å². The second-order valence-corrected chi connectivity index (χ2v) is 6.90. The second-order valence-electron chi connectivity index (χ2n) is 6.46. The molecule has 0 bridgehead atoms. The van der Waals surface area contributed by atoms with Crippen molar-refractivity contribution in [3.8, 4) is 0 Å². The van der Waals surface area contributed by atoms with Gasteiger partial charge in [-0.05, 0) is 38.0 Å². The van der Waals surface area contributed by atoms with E-state index in [1.807, 2.05) is 0 Å². The Morgan fingerprint density at radius 2 is 2.00 bits per heavy atom. The van der Waals surface area contributed by atoms with E-state index in [0.29, 0.717) is 31.0 Å². The van der Waals surface area contributed by atoms with Gasteiger partial charge in [-0.1, -0.05) is 11.6 Å². The summed E-state index contributed by atoms with van der Waals surface area (Å²) in [5.41, 5.74) is 0.0687. The van der Waals surface area contributed by atoms with Gasteiger partial charge < -0.3 is 15.3 Å². The predicted octanol–water partition coefficient (Wildman–Crippen LogP) is 2.09. The average molecular weight is 410 g/mol. The molecule has 0 saturated carbocycles. The summed E-state index contributed by atoms with van der Waals surface area (Å²) < 4.78 is 0. The minimum atomic E-state index is -1.11. The first-order chi connectivity index (χ1) is 13.2. The van der Waals surface area contributed by atoms with E-state index >= 15 is 0 Å². The standard InChI is InChI=1S/C18H20ClN3O6/c1-11(18(25)26)20-17(24)12-6-8-21(9-7-12)16(23)5-2-13-10-14(19)3-4-15(13)22(27)28/h2-5,10-12H,6-9H2,1H3,(H,20,24)(H,25,26)/b5-2+. The fourth-order valence-electron chi connectivity index (χ4n) is 2.85. The molecule has 1 aliphatic rings. The number of rotatable bonds is 6. The SMILES string of the molecule is CC(NC(=O)C1CCN(C(=O)/C=C/c2cc(Cl)ccc2[N+](=O)[O-])CC1)C(=O)O. The topological polar surface area (TPSA) is 130 Å². The number of nitro groups is 1. The summed E-state index contributed by atoms with van der Waals surface area (Å²) >= 11 is 5.86. The molecule has 0 aromatic heterocycles. The maximum Gasteiger partial charge on any atom is 0.325 e. The van der Waals surface area contributed by atoms with E-state index < -0.39 is 16.9 Å². The zero-order valence-corrected chi connectivity index (χ0v) is 15.9. The van der Waals surface area contributed by atoms with Crippen molar-refractivity contribution < 1.29 is 24.4 Å². The van der Waals surface area contributed by atoms with Crippen LogP contribution in [0.25, 0.3) is 6.08 Å². The predicted molar refractivity (Wildman–Crippen MR) is 102 cm³/mol. The molecule has 1 aromatic carbocycles. The van der Waals surface area contributed by atoms with Crippen molar-refractivity contribution in [3.05, 3.63) is 45.0 Å². The third kappa shape index (κ3) is 5.53. The van der Waals surface area contributed by atoms with Crippen molar-refractivity contribution in [2.75, 3.05) is 13.1 Å². The average Bonchev–Trinajstić information content (AvgIpc) is 2.65. The summed E-state index contributed by atoms with van der Waals surface area (Å²) in [6.07, 6.45) is 3.41. The van der Waals surface area contributed by atoms with Crippen LogP contribution in [0.2, 0.25) is 5.02 Å². The third-order valence-corrected chi connectivity index (χ3v) is 4.73. The van der Waals surface area contributed by atoms with Crippen LogP contribution in [-0.4, -0.2) is 51.8 Å². The molecule has 1 heterocycles. The molecule has 2 rings (SSSR count). The van der Waals surface area contributed by atoms with E-state index in [-0.39, 0.29) is 29.0 Å². The molecule has 1 atom stereocenters. The van der Waals surface area contributed by atoms with Gasteiger partial charge in [0.05, 0.1) is 10.5 Å². The molecular weight excluding hydrogens is 390 g/mol. The number of amides is 2. The number of hydrogen-bond donors (Lipinski definition) is 2. The lowest BCUT2D eigenvalue weighted by Gasteiger charge is -2.31. The Labute approximate surface area is 166 Å². The lowest BCUT2D eigenvalue weighted by atomic mass is 9.95. The van der Waals surface area contributed by atoms with Gasteiger partial charge in [-0.3, -0.25) is 24.5 Å². The summed E-state index contributed by atoms with van der Waals surface area (Å²) in [7, 11) is 0. The van der Waals surface area contributed by atoms with Crippen LogP contribution < -0.4 is 5.32 Å². The number of carboxylic acid groups (broad SMARTS) is 1. The monoisotopic (exact) mass is 409 g/mol. The van der Waals surface area contributed by atoms with E-state index in [4.69, 9.17) is 16.7 Å². The minimum absolute atomic E-state index is 0.156. The molecule has 1 aliphatic heterocycles. The maximum absolute atomic E-state index is 12.3. The number of nitro benzene ring substituents is 1. The summed E-state index contributed by atoms with van der Waals surface area (Å²) in [6, 6.07) is 3.11. The Morgan fingerprint density at radius 1 is 1.36 bits per heavy atom. The van der Waals surface area contributed by atoms with E-state index in [1.54, 1.807) is 0 Å². The van der Waals surface area contributed by atoms with Crippen LogP contribution in [0.1, 0.15) is 25.3 Å². The number of likely N-dealkylation sites (tertiary alicyclic amines) is 1. The van der Waals surface area contributed by atoms with E-state index in [2.05, 4.69) is 5.32 Å². The van der Waals surface area contributed by atoms with Crippen molar-refractivity contribution in [1.82, 2.24) is 10.2 Å². The Bertz CT molecular complexity index is 818. The highest BCUT2D eigenvalue weighted by Gasteiger charge is 2.28. The molecule has 9 nitrogen and oxygen atoms in total. The molecule has 0 radical (unpaired) electrons. The lowest BCUT2D eigenvalue weighted by molar-refractivity contribution is -0.385. The fraction of sp³-hybridized carbons (Fsp3) is 0.389. The molecular formula is C18H20ClN3O6. The number of piperidine rings is 1. The van der Waals surface area contributed by atoms with Gasteiger partial charge in [0.1, 0.15) is 6.04 Å². The highest BCUT2D eigenvalue weighted by atomic mass is 35.5. The normalized spacial score (nSPS) is 16.0. The quantitative estimate of drug-likeness (QED) is 0.420. The molecule has 1 aromatic rings. The number of halogens is 1. The van der Waals surface area contributed by atoms with Crippen LogP contribution in [0.4, 0.5) is 5.69 Å². The number of nitrogens with one attached hydrogen (secondary N) is 1. The third-order valence-electron chi connectivity index (χ3n) is 4.50. The Morgan fingerprint density at radius 3 is 2.57 bits per heavy atom. The van der Waals surface area contributed by atoms with Crippen LogP contribution in [0, 0.1) is 16.0 Å². The van der Waals surface area contributed by atoms with E-state index in [9.17, 15) is 24.5 Å². The zero-order chi connectivity index (χ0) is 20.8. The van der Waals surface area contributed by atoms with Crippen LogP contribution in [0.3, 0.4) is 0 Å². The van der Waals surface area contributed by atoms with Crippen molar-refractivity contribution in [2.45, 2.75) is 25.8 Å². The highest BCUT2D eigenvalue weighted by molar-refractivity contribution is 6.30. The maximum atomic E-state index is 12.3. The lowest BCUT2D eigenvalue weighted by Crippen LogP contribution is -2.46. The van der Waals surface area contributed by atoms with E-state index in [0.717, 1.165) is 0 Å². The Balaban J connectivity index is 1.95. The van der Waals surface area contributed by atoms with Crippen LogP contribution in [0.15, 0.2) is 24.3 Å². The van der Waals surface area contributed by atoms with Gasteiger partial charge in [0.2, 0.25) is 11.8 Å². The van der Waals surface area contributed by atoms with Gasteiger partial charge in [0.25, 0.3) is 5.69 Å². The number of hydrogen-bond acceptors (Lipinski definition) is 5. The van der Waals surface area contributed by atoms with Gasteiger partial charge in [-0.15, -0.1) is 0 Å². The number of aliphatic carboxylic acids is 1. The van der Waals surface area contributed by atoms with Gasteiger partial charge in [0.15, 0.2) is 0 Å². The van der Waals surface area contributed by atoms with Crippen LogP contribution >= 0.6 is 11.6 Å². The fourth-order valence-corrected chi connectivity index (χ4v) is 3.03. The van der Waals surface area contributed by atoms with Crippen molar-refractivity contribution in [1.29, 1.82) is 0 Å². The number of nitrogens with zero attached hydrogens (tertiary/aromatic N) is 2. The van der Waals surface area contributed by atoms with Crippen LogP contribution in [-0.2, 0) is 14.4 Å². The van der Waals surface area contributed by atoms with Gasteiger partial charge in [0, 0.05) is 36.2 Å². The largest absolute Gasteiger partial charge is 0.480 e. The summed E-state index contributed by atoms with van der Waals surface area (Å²) in [4.78, 5) is 47.3. The highest BCUT2D eigenvalue weighted by Crippen LogP contribution is 2.24. The number of carboxylic acids is 1. The Kier molecular flexibility index (Phi) is 7.11. The molecule has 2 N–H and O–H groups in total. The smallest absolute Gasteiger partial charge is 0.325 e. The molecule has 1 saturated heterocycles. The molecule has 10 heteroatoms. The van der Waals surface area contributed by atoms with Gasteiger partial charge in [-0.25, -0.2) is 0 Å². The summed E-state index contributed by atoms with van der Waals surface area (Å²) in [6.45, 7) is 2.05. The van der Waals surface area contributed by atoms with E-state index in [1.165, 1.54) is 42.2 Å². The number of benzene rings is 1. The molecule has 1 unspecified atom stereocenters. The first-order valence-corrected chi connectivity index (χ1v) is 9.01. The van der Waals surface area contributed by atoms with Gasteiger partial charge >= 0.3 is 5.97 Å². The van der Waals surface area contributed by atoms with Crippen molar-refractivity contribution >= 4 is 41.1 Å². The second kappa shape index (κ2) is 9.32. The summed E-state index contributed by atoms with van der Waals surface area (Å²) in [5, 5.41) is 22.6. The molecule has 2 amide bonds. The zero-order valence-electron chi connectivity index (χ0n) is 15.1. The molecule has 150 valence electrons. The Hall–Kier alpha value is -2.94. The summed E-state index contributed by atoms with van der Waals surface area (Å²) in [5.74, 6) is -2.14. The minimum Gasteiger partial charge on any atom is -0.480 e. The molecule has 0 aliphatic carbocycles. The molecule has 0 spiro atoms. The molecule has 28 heavy (non-hydrogen) atoms. The first kappa shape index (κ1) is 21.4. The molecule has 1 fully saturated rings. The first-order valence-electron chi connectivity index (χ1n) is 8.63.